The largest absolute Gasteiger partial charge is 0.468 e. The summed E-state index contributed by atoms with van der Waals surface area (Å²) in [5, 5.41) is 9.46. The van der Waals surface area contributed by atoms with Gasteiger partial charge in [0.2, 0.25) is 0 Å². The maximum absolute atomic E-state index is 6.67. The van der Waals surface area contributed by atoms with Gasteiger partial charge in [-0.25, -0.2) is 16.0 Å². The molecule has 2 N–H and O–H groups in total. The van der Waals surface area contributed by atoms with Crippen LogP contribution in [0.4, 0.5) is 0 Å². The summed E-state index contributed by atoms with van der Waals surface area (Å²) < 4.78 is 11.1. The number of amidine groups is 1. The molecule has 0 fully saturated rings. The number of hydrogen-bond donors (Lipinski definition) is 1. The maximum atomic E-state index is 6.67. The van der Waals surface area contributed by atoms with E-state index in [4.69, 9.17) is 31.6 Å². The van der Waals surface area contributed by atoms with Gasteiger partial charge in [-0.2, -0.15) is 0 Å². The van der Waals surface area contributed by atoms with Gasteiger partial charge in [0.05, 0.1) is 29.4 Å². The summed E-state index contributed by atoms with van der Waals surface area (Å²) in [5.41, 5.74) is 3.02. The van der Waals surface area contributed by atoms with Crippen LogP contribution in [0.2, 0.25) is 5.02 Å². The Kier molecular flexibility index (Phi) is 4.40. The molecule has 0 atom stereocenters. The van der Waals surface area contributed by atoms with Gasteiger partial charge in [0.1, 0.15) is 17.3 Å². The topological polar surface area (TPSA) is 76.4 Å². The summed E-state index contributed by atoms with van der Waals surface area (Å²) in [6, 6.07) is 10.0. The Hall–Kier alpha value is -2.32. The van der Waals surface area contributed by atoms with E-state index < -0.39 is 0 Å². The highest BCUT2D eigenvalue weighted by Crippen LogP contribution is 2.36. The van der Waals surface area contributed by atoms with E-state index in [1.807, 2.05) is 25.1 Å². The first kappa shape index (κ1) is 17.8. The van der Waals surface area contributed by atoms with Gasteiger partial charge < -0.3 is 9.15 Å². The first-order chi connectivity index (χ1) is 13.6. The lowest BCUT2D eigenvalue weighted by Crippen LogP contribution is -2.35. The number of nitrogens with zero attached hydrogens (tertiary/aromatic N) is 3. The number of ether oxygens (including phenoxy) is 1. The Labute approximate surface area is 171 Å². The summed E-state index contributed by atoms with van der Waals surface area (Å²) in [5.74, 6) is 7.44. The molecule has 8 heteroatoms. The van der Waals surface area contributed by atoms with Crippen molar-refractivity contribution in [1.29, 1.82) is 0 Å². The minimum absolute atomic E-state index is 0.422. The van der Waals surface area contributed by atoms with Crippen molar-refractivity contribution in [1.82, 2.24) is 5.12 Å². The number of hydrazone groups is 1. The zero-order chi connectivity index (χ0) is 19.3. The van der Waals surface area contributed by atoms with Gasteiger partial charge >= 0.3 is 0 Å². The molecule has 28 heavy (non-hydrogen) atoms. The van der Waals surface area contributed by atoms with Crippen molar-refractivity contribution in [2.75, 3.05) is 6.54 Å². The fourth-order valence-electron chi connectivity index (χ4n) is 3.58. The number of furan rings is 1. The van der Waals surface area contributed by atoms with Crippen molar-refractivity contribution in [2.45, 2.75) is 25.0 Å². The van der Waals surface area contributed by atoms with Crippen molar-refractivity contribution in [2.24, 2.45) is 15.9 Å². The molecule has 142 valence electrons. The number of rotatable bonds is 2. The Bertz CT molecular complexity index is 1150. The summed E-state index contributed by atoms with van der Waals surface area (Å²) in [4.78, 5) is 5.79. The summed E-state index contributed by atoms with van der Waals surface area (Å²) >= 11 is 8.20. The molecular formula is C20H17ClN4O2S. The molecule has 0 spiro atoms. The molecule has 0 radical (unpaired) electrons. The lowest BCUT2D eigenvalue weighted by molar-refractivity contribution is 0.103. The number of aryl methyl sites for hydroxylation is 1. The van der Waals surface area contributed by atoms with Gasteiger partial charge in [0.15, 0.2) is 5.84 Å². The van der Waals surface area contributed by atoms with Gasteiger partial charge in [-0.15, -0.1) is 5.10 Å². The SMILES string of the molecule is Cc1occc1SC1=NC(c2c(Cl)cc3c4c(cccc24)COC3)=NN(N)C1. The molecule has 2 aliphatic rings. The second-order valence-corrected chi connectivity index (χ2v) is 8.22. The molecule has 3 aromatic rings. The van der Waals surface area contributed by atoms with Gasteiger partial charge in [-0.1, -0.05) is 41.6 Å². The van der Waals surface area contributed by atoms with Gasteiger partial charge in [-0.05, 0) is 41.0 Å². The van der Waals surface area contributed by atoms with Gasteiger partial charge in [-0.3, -0.25) is 0 Å². The molecule has 0 saturated heterocycles. The lowest BCUT2D eigenvalue weighted by atomic mass is 9.94. The quantitative estimate of drug-likeness (QED) is 0.628. The molecule has 0 saturated carbocycles. The second-order valence-electron chi connectivity index (χ2n) is 6.69. The van der Waals surface area contributed by atoms with E-state index in [1.165, 1.54) is 22.3 Å². The summed E-state index contributed by atoms with van der Waals surface area (Å²) in [7, 11) is 0. The van der Waals surface area contributed by atoms with Crippen LogP contribution in [0, 0.1) is 6.92 Å². The Morgan fingerprint density at radius 2 is 2.07 bits per heavy atom. The van der Waals surface area contributed by atoms with E-state index in [-0.39, 0.29) is 0 Å². The zero-order valence-corrected chi connectivity index (χ0v) is 16.7. The Morgan fingerprint density at radius 3 is 2.89 bits per heavy atom. The lowest BCUT2D eigenvalue weighted by Gasteiger charge is -2.23. The smallest absolute Gasteiger partial charge is 0.183 e. The van der Waals surface area contributed by atoms with Crippen molar-refractivity contribution in [3.8, 4) is 0 Å². The van der Waals surface area contributed by atoms with Crippen molar-refractivity contribution >= 4 is 45.0 Å². The molecule has 2 aliphatic heterocycles. The van der Waals surface area contributed by atoms with E-state index in [9.17, 15) is 0 Å². The normalized spacial score (nSPS) is 16.3. The monoisotopic (exact) mass is 412 g/mol. The average Bonchev–Trinajstić information content (AvgIpc) is 3.06. The fourth-order valence-corrected chi connectivity index (χ4v) is 4.80. The number of benzene rings is 2. The number of nitrogens with two attached hydrogens (primary N) is 1. The molecule has 2 aromatic carbocycles. The van der Waals surface area contributed by atoms with E-state index in [0.717, 1.165) is 37.8 Å². The van der Waals surface area contributed by atoms with Crippen LogP contribution in [0.3, 0.4) is 0 Å². The van der Waals surface area contributed by atoms with Crippen LogP contribution in [-0.2, 0) is 18.0 Å². The molecule has 0 bridgehead atoms. The van der Waals surface area contributed by atoms with Crippen LogP contribution < -0.4 is 5.84 Å². The van der Waals surface area contributed by atoms with Crippen LogP contribution in [0.1, 0.15) is 22.5 Å². The highest BCUT2D eigenvalue weighted by Gasteiger charge is 2.24. The highest BCUT2D eigenvalue weighted by molar-refractivity contribution is 8.14. The predicted octanol–water partition coefficient (Wildman–Crippen LogP) is 4.47. The Balaban J connectivity index is 1.64. The zero-order valence-electron chi connectivity index (χ0n) is 15.1. The fraction of sp³-hybridized carbons (Fsp3) is 0.200. The number of hydrazine groups is 1. The van der Waals surface area contributed by atoms with Crippen LogP contribution in [0.25, 0.3) is 10.8 Å². The van der Waals surface area contributed by atoms with Crippen molar-refractivity contribution in [3.63, 3.8) is 0 Å². The third kappa shape index (κ3) is 3.00. The summed E-state index contributed by atoms with van der Waals surface area (Å²) in [6.07, 6.45) is 1.67. The molecule has 6 nitrogen and oxygen atoms in total. The number of halogens is 1. The third-order valence-electron chi connectivity index (χ3n) is 4.81. The van der Waals surface area contributed by atoms with E-state index in [1.54, 1.807) is 6.26 Å². The Morgan fingerprint density at radius 1 is 1.21 bits per heavy atom. The minimum Gasteiger partial charge on any atom is -0.468 e. The third-order valence-corrected chi connectivity index (χ3v) is 6.21. The van der Waals surface area contributed by atoms with Gasteiger partial charge in [0.25, 0.3) is 0 Å². The first-order valence-electron chi connectivity index (χ1n) is 8.81. The molecule has 5 rings (SSSR count). The minimum atomic E-state index is 0.422. The first-order valence-corrected chi connectivity index (χ1v) is 10.0. The molecule has 1 aromatic heterocycles. The highest BCUT2D eigenvalue weighted by atomic mass is 35.5. The van der Waals surface area contributed by atoms with Crippen LogP contribution in [0.5, 0.6) is 0 Å². The molecule has 0 unspecified atom stereocenters. The molecule has 3 heterocycles. The number of hydrogen-bond acceptors (Lipinski definition) is 7. The van der Waals surface area contributed by atoms with E-state index >= 15 is 0 Å². The van der Waals surface area contributed by atoms with Crippen LogP contribution >= 0.6 is 23.4 Å². The number of aliphatic imine (C=N–C) groups is 1. The molecule has 0 amide bonds. The number of thioether (sulfide) groups is 1. The predicted molar refractivity (Wildman–Crippen MR) is 112 cm³/mol. The molecular weight excluding hydrogens is 396 g/mol. The average molecular weight is 413 g/mol. The van der Waals surface area contributed by atoms with E-state index in [2.05, 4.69) is 17.2 Å². The second kappa shape index (κ2) is 6.93. The van der Waals surface area contributed by atoms with Crippen LogP contribution in [0.15, 0.2) is 56.0 Å². The van der Waals surface area contributed by atoms with Crippen LogP contribution in [-0.4, -0.2) is 22.5 Å². The maximum Gasteiger partial charge on any atom is 0.183 e. The van der Waals surface area contributed by atoms with E-state index in [0.29, 0.717) is 30.6 Å². The van der Waals surface area contributed by atoms with Crippen molar-refractivity contribution < 1.29 is 9.15 Å². The molecule has 0 aliphatic carbocycles. The van der Waals surface area contributed by atoms with Crippen molar-refractivity contribution in [3.05, 3.63) is 64.1 Å². The summed E-state index contributed by atoms with van der Waals surface area (Å²) in [6.45, 7) is 3.48. The standard InChI is InChI=1S/C20H17ClN4O2S/c1-11-16(5-6-27-11)28-17-8-25(22)24-20(23-17)19-14-4-2-3-12-9-26-10-13(18(12)14)7-15(19)21/h2-7H,8-10,22H2,1H3. The van der Waals surface area contributed by atoms with Gasteiger partial charge in [0, 0.05) is 5.56 Å².